The molecule has 0 fully saturated rings. The maximum Gasteiger partial charge on any atom is 0.306 e. The minimum absolute atomic E-state index is 0.0161. The number of carboxylic acids is 1. The highest BCUT2D eigenvalue weighted by Crippen LogP contribution is 2.15. The van der Waals surface area contributed by atoms with Crippen LogP contribution in [0.3, 0.4) is 0 Å². The van der Waals surface area contributed by atoms with Gasteiger partial charge in [0, 0.05) is 6.42 Å². The number of aliphatic hydroxyl groups excluding tert-OH is 2. The van der Waals surface area contributed by atoms with Gasteiger partial charge in [0.2, 0.25) is 29.5 Å². The van der Waals surface area contributed by atoms with Crippen molar-refractivity contribution < 1.29 is 44.1 Å². The molecule has 51 heavy (non-hydrogen) atoms. The first-order chi connectivity index (χ1) is 23.7. The van der Waals surface area contributed by atoms with Crippen LogP contribution in [0.15, 0.2) is 0 Å². The summed E-state index contributed by atoms with van der Waals surface area (Å²) in [6.45, 7) is 18.2. The van der Waals surface area contributed by atoms with E-state index in [1.807, 2.05) is 41.5 Å². The average Bonchev–Trinajstić information content (AvgIpc) is 3.00. The van der Waals surface area contributed by atoms with Crippen molar-refractivity contribution in [3.05, 3.63) is 0 Å². The lowest BCUT2D eigenvalue weighted by atomic mass is 9.95. The van der Waals surface area contributed by atoms with E-state index in [1.165, 1.54) is 6.92 Å². The number of aliphatic hydroxyl groups is 2. The molecule has 0 aliphatic heterocycles. The van der Waals surface area contributed by atoms with E-state index in [0.717, 1.165) is 32.1 Å². The largest absolute Gasteiger partial charge is 0.481 e. The zero-order chi connectivity index (χ0) is 39.4. The number of hydrogen-bond acceptors (Lipinski definition) is 8. The van der Waals surface area contributed by atoms with Crippen LogP contribution >= 0.6 is 0 Å². The summed E-state index contributed by atoms with van der Waals surface area (Å²) in [7, 11) is 0. The quantitative estimate of drug-likeness (QED) is 0.0613. The molecular formula is C37H69N5O9. The van der Waals surface area contributed by atoms with Crippen molar-refractivity contribution in [3.8, 4) is 0 Å². The van der Waals surface area contributed by atoms with Crippen LogP contribution in [0.4, 0.5) is 0 Å². The summed E-state index contributed by atoms with van der Waals surface area (Å²) < 4.78 is 0. The first-order valence-corrected chi connectivity index (χ1v) is 18.8. The number of nitrogens with one attached hydrogen (secondary N) is 5. The Morgan fingerprint density at radius 2 is 0.980 bits per heavy atom. The highest BCUT2D eigenvalue weighted by Gasteiger charge is 2.34. The van der Waals surface area contributed by atoms with Crippen molar-refractivity contribution in [2.45, 2.75) is 176 Å². The van der Waals surface area contributed by atoms with Gasteiger partial charge in [-0.15, -0.1) is 0 Å². The van der Waals surface area contributed by atoms with Gasteiger partial charge in [-0.25, -0.2) is 0 Å². The molecule has 296 valence electrons. The second kappa shape index (κ2) is 24.8. The molecule has 0 aromatic carbocycles. The standard InChI is InChI=1S/C37H69N5O9/c1-11-12-13-14-15-16-30(45)41-33(23(6)7)37(51)42-34(24(8)9)36(50)40-26(17-21(2)3)28(43)19-31(46)38-25(10)35(49)39-27(18-22(4)5)29(44)20-32(47)48/h21-29,33-34,43-44H,11-20H2,1-10H3,(H,38,46)(H,39,49)(H,40,50)(H,41,45)(H,42,51)(H,47,48)/t25-,26-,27-,28-,29-,33-,34-/m0/s1. The van der Waals surface area contributed by atoms with Crippen molar-refractivity contribution in [1.82, 2.24) is 26.6 Å². The number of unbranched alkanes of at least 4 members (excludes halogenated alkanes) is 4. The molecular weight excluding hydrogens is 658 g/mol. The van der Waals surface area contributed by atoms with Crippen molar-refractivity contribution in [3.63, 3.8) is 0 Å². The Kier molecular flexibility index (Phi) is 23.3. The van der Waals surface area contributed by atoms with Crippen LogP contribution < -0.4 is 26.6 Å². The number of aliphatic carboxylic acids is 1. The molecule has 0 saturated carbocycles. The molecule has 14 nitrogen and oxygen atoms in total. The monoisotopic (exact) mass is 728 g/mol. The van der Waals surface area contributed by atoms with E-state index < -0.39 is 84.9 Å². The van der Waals surface area contributed by atoms with Crippen LogP contribution in [0, 0.1) is 23.7 Å². The molecule has 0 rings (SSSR count). The lowest BCUT2D eigenvalue weighted by Crippen LogP contribution is -2.59. The van der Waals surface area contributed by atoms with Gasteiger partial charge in [0.15, 0.2) is 0 Å². The van der Waals surface area contributed by atoms with Gasteiger partial charge in [-0.05, 0) is 49.9 Å². The maximum absolute atomic E-state index is 13.6. The highest BCUT2D eigenvalue weighted by molar-refractivity contribution is 5.92. The fourth-order valence-electron chi connectivity index (χ4n) is 5.69. The Hall–Kier alpha value is -3.26. The highest BCUT2D eigenvalue weighted by atomic mass is 16.4. The molecule has 0 aliphatic carbocycles. The van der Waals surface area contributed by atoms with Crippen LogP contribution in [0.25, 0.3) is 0 Å². The molecule has 0 aromatic heterocycles. The molecule has 0 aliphatic rings. The minimum atomic E-state index is -1.33. The number of hydrogen-bond donors (Lipinski definition) is 8. The molecule has 14 heteroatoms. The van der Waals surface area contributed by atoms with E-state index in [9.17, 15) is 39.0 Å². The van der Waals surface area contributed by atoms with E-state index in [1.54, 1.807) is 13.8 Å². The summed E-state index contributed by atoms with van der Waals surface area (Å²) in [5.74, 6) is -4.27. The minimum Gasteiger partial charge on any atom is -0.481 e. The third-order valence-corrected chi connectivity index (χ3v) is 8.60. The number of amides is 5. The third-order valence-electron chi connectivity index (χ3n) is 8.60. The number of carbonyl (C=O) groups is 6. The summed E-state index contributed by atoms with van der Waals surface area (Å²) in [6.07, 6.45) is 2.24. The predicted octanol–water partition coefficient (Wildman–Crippen LogP) is 2.78. The Morgan fingerprint density at radius 1 is 0.529 bits per heavy atom. The van der Waals surface area contributed by atoms with Gasteiger partial charge < -0.3 is 41.9 Å². The maximum atomic E-state index is 13.6. The number of carbonyl (C=O) groups excluding carboxylic acids is 5. The third kappa shape index (κ3) is 20.4. The van der Waals surface area contributed by atoms with Gasteiger partial charge in [0.25, 0.3) is 0 Å². The molecule has 0 heterocycles. The van der Waals surface area contributed by atoms with E-state index in [4.69, 9.17) is 5.11 Å². The smallest absolute Gasteiger partial charge is 0.306 e. The Morgan fingerprint density at radius 3 is 1.45 bits per heavy atom. The van der Waals surface area contributed by atoms with Gasteiger partial charge in [0.05, 0.1) is 37.1 Å². The average molecular weight is 728 g/mol. The van der Waals surface area contributed by atoms with E-state index in [2.05, 4.69) is 33.5 Å². The fraction of sp³-hybridized carbons (Fsp3) is 0.838. The van der Waals surface area contributed by atoms with Crippen LogP contribution in [0.2, 0.25) is 0 Å². The normalized spacial score (nSPS) is 15.8. The summed E-state index contributed by atoms with van der Waals surface area (Å²) in [6, 6.07) is -4.60. The Bertz CT molecular complexity index is 1100. The zero-order valence-electron chi connectivity index (χ0n) is 32.7. The molecule has 7 atom stereocenters. The van der Waals surface area contributed by atoms with Crippen molar-refractivity contribution >= 4 is 35.5 Å². The summed E-state index contributed by atoms with van der Waals surface area (Å²) in [4.78, 5) is 76.5. The SMILES string of the molecule is CCCCCCCC(=O)N[C@H](C(=O)N[C@H](C(=O)N[C@@H](CC(C)C)[C@@H](O)CC(=O)N[C@@H](C)C(=O)N[C@@H](CC(C)C)[C@@H](O)CC(=O)O)C(C)C)C(C)C. The van der Waals surface area contributed by atoms with Gasteiger partial charge >= 0.3 is 5.97 Å². The molecule has 0 spiro atoms. The van der Waals surface area contributed by atoms with Crippen LogP contribution in [0.1, 0.15) is 133 Å². The van der Waals surface area contributed by atoms with Crippen molar-refractivity contribution in [2.24, 2.45) is 23.7 Å². The van der Waals surface area contributed by atoms with E-state index in [-0.39, 0.29) is 29.6 Å². The Labute approximate surface area is 305 Å². The molecule has 0 radical (unpaired) electrons. The van der Waals surface area contributed by atoms with E-state index in [0.29, 0.717) is 19.3 Å². The van der Waals surface area contributed by atoms with Crippen LogP contribution in [0.5, 0.6) is 0 Å². The van der Waals surface area contributed by atoms with Gasteiger partial charge in [-0.3, -0.25) is 28.8 Å². The van der Waals surface area contributed by atoms with Gasteiger partial charge in [-0.1, -0.05) is 88.0 Å². The van der Waals surface area contributed by atoms with Gasteiger partial charge in [0.1, 0.15) is 18.1 Å². The number of rotatable bonds is 26. The summed E-state index contributed by atoms with van der Waals surface area (Å²) in [5.41, 5.74) is 0. The lowest BCUT2D eigenvalue weighted by molar-refractivity contribution is -0.140. The first kappa shape index (κ1) is 47.7. The second-order valence-corrected chi connectivity index (χ2v) is 15.4. The molecule has 8 N–H and O–H groups in total. The number of carboxylic acid groups (broad SMARTS) is 1. The molecule has 5 amide bonds. The van der Waals surface area contributed by atoms with E-state index >= 15 is 0 Å². The summed E-state index contributed by atoms with van der Waals surface area (Å²) >= 11 is 0. The van der Waals surface area contributed by atoms with Gasteiger partial charge in [-0.2, -0.15) is 0 Å². The lowest BCUT2D eigenvalue weighted by Gasteiger charge is -2.31. The molecule has 0 bridgehead atoms. The zero-order valence-corrected chi connectivity index (χ0v) is 32.7. The Balaban J connectivity index is 5.54. The summed E-state index contributed by atoms with van der Waals surface area (Å²) in [5, 5.41) is 44.1. The topological polar surface area (TPSA) is 223 Å². The van der Waals surface area contributed by atoms with Crippen molar-refractivity contribution in [2.75, 3.05) is 0 Å². The fourth-order valence-corrected chi connectivity index (χ4v) is 5.69. The molecule has 0 aromatic rings. The van der Waals surface area contributed by atoms with Crippen LogP contribution in [-0.4, -0.2) is 93.2 Å². The van der Waals surface area contributed by atoms with Crippen LogP contribution in [-0.2, 0) is 28.8 Å². The van der Waals surface area contributed by atoms with Crippen molar-refractivity contribution in [1.29, 1.82) is 0 Å². The predicted molar refractivity (Wildman–Crippen MR) is 196 cm³/mol. The molecule has 0 unspecified atom stereocenters. The first-order valence-electron chi connectivity index (χ1n) is 18.8. The molecule has 0 saturated heterocycles. The second-order valence-electron chi connectivity index (χ2n) is 15.4.